The minimum absolute atomic E-state index is 0.660. The Hall–Kier alpha value is 0.170. The van der Waals surface area contributed by atoms with Crippen molar-refractivity contribution in [2.24, 2.45) is 0 Å². The highest BCUT2D eigenvalue weighted by Gasteiger charge is 2.28. The molecule has 4 heteroatoms. The van der Waals surface area contributed by atoms with E-state index in [0.29, 0.717) is 12.3 Å². The molecular formula is C8H17ClO3. The summed E-state index contributed by atoms with van der Waals surface area (Å²) < 4.78 is 15.3. The molecule has 0 N–H and O–H groups in total. The standard InChI is InChI=1S/C8H17ClO3/c1-10-8(11-2,12-3)6-4-5-7-9/h4-7H2,1-3H3. The highest BCUT2D eigenvalue weighted by molar-refractivity contribution is 6.17. The summed E-state index contributed by atoms with van der Waals surface area (Å²) in [6.07, 6.45) is 2.57. The lowest BCUT2D eigenvalue weighted by atomic mass is 10.2. The number of hydrogen-bond donors (Lipinski definition) is 0. The molecule has 0 heterocycles. The molecule has 0 aromatic rings. The van der Waals surface area contributed by atoms with E-state index in [1.165, 1.54) is 0 Å². The molecule has 0 aromatic heterocycles. The van der Waals surface area contributed by atoms with Crippen molar-refractivity contribution in [1.82, 2.24) is 0 Å². The third kappa shape index (κ3) is 3.72. The first-order valence-corrected chi connectivity index (χ1v) is 4.49. The number of hydrogen-bond acceptors (Lipinski definition) is 3. The summed E-state index contributed by atoms with van der Waals surface area (Å²) in [5.41, 5.74) is 0. The highest BCUT2D eigenvalue weighted by atomic mass is 35.5. The van der Waals surface area contributed by atoms with Crippen LogP contribution in [-0.4, -0.2) is 33.2 Å². The van der Waals surface area contributed by atoms with Gasteiger partial charge in [0.05, 0.1) is 0 Å². The number of rotatable bonds is 7. The van der Waals surface area contributed by atoms with E-state index in [2.05, 4.69) is 0 Å². The van der Waals surface area contributed by atoms with Gasteiger partial charge in [0.15, 0.2) is 0 Å². The molecule has 12 heavy (non-hydrogen) atoms. The molecular weight excluding hydrogens is 180 g/mol. The van der Waals surface area contributed by atoms with Crippen molar-refractivity contribution >= 4 is 11.6 Å². The molecule has 74 valence electrons. The van der Waals surface area contributed by atoms with E-state index < -0.39 is 5.97 Å². The van der Waals surface area contributed by atoms with Gasteiger partial charge in [-0.1, -0.05) is 0 Å². The van der Waals surface area contributed by atoms with E-state index in [4.69, 9.17) is 25.8 Å². The molecule has 0 aliphatic carbocycles. The summed E-state index contributed by atoms with van der Waals surface area (Å²) in [7, 11) is 4.69. The molecule has 0 spiro atoms. The Balaban J connectivity index is 3.76. The summed E-state index contributed by atoms with van der Waals surface area (Å²) >= 11 is 5.54. The number of unbranched alkanes of at least 4 members (excludes halogenated alkanes) is 1. The Bertz CT molecular complexity index is 96.2. The quantitative estimate of drug-likeness (QED) is 0.354. The van der Waals surface area contributed by atoms with E-state index in [-0.39, 0.29) is 0 Å². The van der Waals surface area contributed by atoms with Crippen LogP contribution in [0.5, 0.6) is 0 Å². The lowest BCUT2D eigenvalue weighted by Crippen LogP contribution is -2.35. The molecule has 0 aliphatic rings. The summed E-state index contributed by atoms with van der Waals surface area (Å²) in [6, 6.07) is 0. The largest absolute Gasteiger partial charge is 0.331 e. The number of alkyl halides is 1. The zero-order valence-electron chi connectivity index (χ0n) is 7.93. The van der Waals surface area contributed by atoms with Crippen LogP contribution in [0.2, 0.25) is 0 Å². The summed E-state index contributed by atoms with van der Waals surface area (Å²) in [5.74, 6) is -0.223. The van der Waals surface area contributed by atoms with E-state index in [1.54, 1.807) is 21.3 Å². The lowest BCUT2D eigenvalue weighted by Gasteiger charge is -2.28. The lowest BCUT2D eigenvalue weighted by molar-refractivity contribution is -0.355. The second kappa shape index (κ2) is 6.66. The van der Waals surface area contributed by atoms with Crippen molar-refractivity contribution < 1.29 is 14.2 Å². The van der Waals surface area contributed by atoms with Gasteiger partial charge in [0, 0.05) is 33.6 Å². The van der Waals surface area contributed by atoms with Crippen molar-refractivity contribution in [3.63, 3.8) is 0 Å². The van der Waals surface area contributed by atoms with Crippen LogP contribution in [0.1, 0.15) is 19.3 Å². The van der Waals surface area contributed by atoms with Crippen LogP contribution in [-0.2, 0) is 14.2 Å². The molecule has 0 aromatic carbocycles. The molecule has 0 rings (SSSR count). The molecule has 0 radical (unpaired) electrons. The number of methoxy groups -OCH3 is 3. The Morgan fingerprint density at radius 1 is 1.00 bits per heavy atom. The zero-order chi connectivity index (χ0) is 9.45. The smallest absolute Gasteiger partial charge is 0.282 e. The molecule has 0 fully saturated rings. The summed E-state index contributed by atoms with van der Waals surface area (Å²) in [4.78, 5) is 0. The van der Waals surface area contributed by atoms with Crippen LogP contribution in [0.15, 0.2) is 0 Å². The topological polar surface area (TPSA) is 27.7 Å². The van der Waals surface area contributed by atoms with Crippen molar-refractivity contribution in [2.75, 3.05) is 27.2 Å². The molecule has 0 amide bonds. The first kappa shape index (κ1) is 12.2. The minimum Gasteiger partial charge on any atom is -0.331 e. The van der Waals surface area contributed by atoms with E-state index >= 15 is 0 Å². The third-order valence-corrected chi connectivity index (χ3v) is 2.07. The van der Waals surface area contributed by atoms with Gasteiger partial charge in [0.1, 0.15) is 0 Å². The first-order valence-electron chi connectivity index (χ1n) is 3.96. The fourth-order valence-corrected chi connectivity index (χ4v) is 1.18. The van der Waals surface area contributed by atoms with Gasteiger partial charge in [-0.3, -0.25) is 0 Å². The maximum atomic E-state index is 5.54. The van der Waals surface area contributed by atoms with Crippen LogP contribution in [0, 0.1) is 0 Å². The van der Waals surface area contributed by atoms with E-state index in [1.807, 2.05) is 0 Å². The van der Waals surface area contributed by atoms with Crippen molar-refractivity contribution in [1.29, 1.82) is 0 Å². The normalized spacial score (nSPS) is 12.0. The van der Waals surface area contributed by atoms with Gasteiger partial charge in [0.25, 0.3) is 5.97 Å². The molecule has 0 aliphatic heterocycles. The van der Waals surface area contributed by atoms with Gasteiger partial charge >= 0.3 is 0 Å². The first-order chi connectivity index (χ1) is 5.74. The van der Waals surface area contributed by atoms with Crippen LogP contribution in [0.3, 0.4) is 0 Å². The Morgan fingerprint density at radius 2 is 1.50 bits per heavy atom. The molecule has 0 saturated carbocycles. The zero-order valence-corrected chi connectivity index (χ0v) is 8.69. The van der Waals surface area contributed by atoms with Crippen LogP contribution >= 0.6 is 11.6 Å². The van der Waals surface area contributed by atoms with Gasteiger partial charge in [0.2, 0.25) is 0 Å². The Kier molecular flexibility index (Phi) is 6.76. The van der Waals surface area contributed by atoms with Gasteiger partial charge in [-0.25, -0.2) is 0 Å². The fraction of sp³-hybridized carbons (Fsp3) is 1.00. The summed E-state index contributed by atoms with van der Waals surface area (Å²) in [5, 5.41) is 0. The number of halogens is 1. The SMILES string of the molecule is COC(CCCCCl)(OC)OC. The number of ether oxygens (including phenoxy) is 3. The van der Waals surface area contributed by atoms with E-state index in [0.717, 1.165) is 12.8 Å². The maximum Gasteiger partial charge on any atom is 0.282 e. The van der Waals surface area contributed by atoms with Crippen LogP contribution in [0.4, 0.5) is 0 Å². The molecule has 0 bridgehead atoms. The highest BCUT2D eigenvalue weighted by Crippen LogP contribution is 2.19. The molecule has 0 saturated heterocycles. The molecule has 3 nitrogen and oxygen atoms in total. The monoisotopic (exact) mass is 196 g/mol. The van der Waals surface area contributed by atoms with Crippen molar-refractivity contribution in [2.45, 2.75) is 25.2 Å². The van der Waals surface area contributed by atoms with Gasteiger partial charge in [-0.15, -0.1) is 11.6 Å². The predicted molar refractivity (Wildman–Crippen MR) is 48.3 cm³/mol. The van der Waals surface area contributed by atoms with Gasteiger partial charge in [-0.05, 0) is 12.8 Å². The minimum atomic E-state index is -0.883. The van der Waals surface area contributed by atoms with Crippen LogP contribution in [0.25, 0.3) is 0 Å². The van der Waals surface area contributed by atoms with Crippen LogP contribution < -0.4 is 0 Å². The Labute approximate surface area is 78.9 Å². The second-order valence-corrected chi connectivity index (χ2v) is 2.82. The molecule has 0 unspecified atom stereocenters. The average molecular weight is 197 g/mol. The van der Waals surface area contributed by atoms with Gasteiger partial charge < -0.3 is 14.2 Å². The van der Waals surface area contributed by atoms with Crippen molar-refractivity contribution in [3.05, 3.63) is 0 Å². The van der Waals surface area contributed by atoms with E-state index in [9.17, 15) is 0 Å². The van der Waals surface area contributed by atoms with Crippen molar-refractivity contribution in [3.8, 4) is 0 Å². The summed E-state index contributed by atoms with van der Waals surface area (Å²) in [6.45, 7) is 0. The predicted octanol–water partition coefficient (Wildman–Crippen LogP) is 1.99. The molecule has 0 atom stereocenters. The Morgan fingerprint density at radius 3 is 1.83 bits per heavy atom. The second-order valence-electron chi connectivity index (χ2n) is 2.44. The maximum absolute atomic E-state index is 5.54. The van der Waals surface area contributed by atoms with Gasteiger partial charge in [-0.2, -0.15) is 0 Å². The average Bonchev–Trinajstić information content (AvgIpc) is 2.14. The third-order valence-electron chi connectivity index (χ3n) is 1.80. The fourth-order valence-electron chi connectivity index (χ4n) is 0.992.